The minimum absolute atomic E-state index is 0.0198. The summed E-state index contributed by atoms with van der Waals surface area (Å²) in [6.07, 6.45) is 0. The molecule has 0 bridgehead atoms. The summed E-state index contributed by atoms with van der Waals surface area (Å²) in [4.78, 5) is 20.6. The number of benzene rings is 1. The Bertz CT molecular complexity index is 693. The van der Waals surface area contributed by atoms with Crippen molar-refractivity contribution in [3.63, 3.8) is 0 Å². The van der Waals surface area contributed by atoms with Gasteiger partial charge in [0, 0.05) is 51.5 Å². The number of anilines is 1. The van der Waals surface area contributed by atoms with Gasteiger partial charge in [0.25, 0.3) is 0 Å². The molecule has 1 saturated heterocycles. The molecule has 1 aliphatic rings. The highest BCUT2D eigenvalue weighted by Crippen LogP contribution is 2.19. The molecular formula is C17H23N5O3. The molecular weight excluding hydrogens is 322 g/mol. The van der Waals surface area contributed by atoms with Crippen molar-refractivity contribution in [3.05, 3.63) is 30.2 Å². The number of rotatable bonds is 6. The molecule has 3 rings (SSSR count). The molecule has 134 valence electrons. The van der Waals surface area contributed by atoms with Gasteiger partial charge in [-0.3, -0.25) is 9.69 Å². The number of nitrogens with one attached hydrogen (secondary N) is 1. The first-order chi connectivity index (χ1) is 12.1. The van der Waals surface area contributed by atoms with Gasteiger partial charge in [0.1, 0.15) is 0 Å². The topological polar surface area (TPSA) is 83.7 Å². The number of hydrogen-bond acceptors (Lipinski definition) is 7. The predicted octanol–water partition coefficient (Wildman–Crippen LogP) is 0.865. The van der Waals surface area contributed by atoms with E-state index in [1.54, 1.807) is 0 Å². The van der Waals surface area contributed by atoms with Crippen molar-refractivity contribution < 1.29 is 14.1 Å². The third-order valence-corrected chi connectivity index (χ3v) is 4.08. The average Bonchev–Trinajstić information content (AvgIpc) is 3.13. The second-order valence-electron chi connectivity index (χ2n) is 6.07. The summed E-state index contributed by atoms with van der Waals surface area (Å²) in [5.41, 5.74) is 1.88. The highest BCUT2D eigenvalue weighted by Gasteiger charge is 2.17. The molecule has 1 aliphatic heterocycles. The first-order valence-corrected chi connectivity index (χ1v) is 8.33. The molecule has 8 heteroatoms. The molecule has 0 radical (unpaired) electrons. The van der Waals surface area contributed by atoms with Gasteiger partial charge in [-0.15, -0.1) is 0 Å². The number of aromatic nitrogens is 2. The zero-order valence-corrected chi connectivity index (χ0v) is 14.6. The van der Waals surface area contributed by atoms with Crippen LogP contribution in [-0.4, -0.2) is 74.4 Å². The third-order valence-electron chi connectivity index (χ3n) is 4.08. The van der Waals surface area contributed by atoms with Crippen LogP contribution in [0.1, 0.15) is 10.7 Å². The van der Waals surface area contributed by atoms with Crippen molar-refractivity contribution in [2.24, 2.45) is 0 Å². The quantitative estimate of drug-likeness (QED) is 0.831. The van der Waals surface area contributed by atoms with Crippen LogP contribution in [0.15, 0.2) is 28.8 Å². The van der Waals surface area contributed by atoms with Crippen LogP contribution in [0.25, 0.3) is 11.4 Å². The van der Waals surface area contributed by atoms with Crippen molar-refractivity contribution in [1.82, 2.24) is 20.4 Å². The standard InChI is InChI=1S/C17H23N5O3/c1-21(2)14-5-3-13(4-6-14)15-19-17(25-20-15)16(23)18-7-8-22-9-11-24-12-10-22/h3-6H,7-12H2,1-2H3,(H,18,23). The minimum Gasteiger partial charge on any atom is -0.379 e. The molecule has 2 aromatic rings. The SMILES string of the molecule is CN(C)c1ccc(-c2noc(C(=O)NCCN3CCOCC3)n2)cc1. The van der Waals surface area contributed by atoms with Gasteiger partial charge in [-0.05, 0) is 24.3 Å². The Hall–Kier alpha value is -2.45. The lowest BCUT2D eigenvalue weighted by atomic mass is 10.2. The van der Waals surface area contributed by atoms with Gasteiger partial charge >= 0.3 is 11.8 Å². The number of hydrogen-bond donors (Lipinski definition) is 1. The molecule has 1 N–H and O–H groups in total. The van der Waals surface area contributed by atoms with Gasteiger partial charge in [-0.25, -0.2) is 0 Å². The van der Waals surface area contributed by atoms with Crippen molar-refractivity contribution in [1.29, 1.82) is 0 Å². The van der Waals surface area contributed by atoms with Crippen molar-refractivity contribution in [2.75, 3.05) is 58.4 Å². The van der Waals surface area contributed by atoms with Crippen LogP contribution in [0.5, 0.6) is 0 Å². The molecule has 0 spiro atoms. The van der Waals surface area contributed by atoms with Gasteiger partial charge in [-0.1, -0.05) is 5.16 Å². The van der Waals surface area contributed by atoms with E-state index in [1.165, 1.54) is 0 Å². The van der Waals surface area contributed by atoms with Crippen LogP contribution in [0.3, 0.4) is 0 Å². The van der Waals surface area contributed by atoms with Crippen molar-refractivity contribution in [3.8, 4) is 11.4 Å². The predicted molar refractivity (Wildman–Crippen MR) is 93.7 cm³/mol. The first kappa shape index (κ1) is 17.4. The maximum atomic E-state index is 12.1. The van der Waals surface area contributed by atoms with Crippen LogP contribution < -0.4 is 10.2 Å². The maximum Gasteiger partial charge on any atom is 0.316 e. The van der Waals surface area contributed by atoms with Gasteiger partial charge in [0.2, 0.25) is 5.82 Å². The highest BCUT2D eigenvalue weighted by molar-refractivity contribution is 5.89. The van der Waals surface area contributed by atoms with Crippen LogP contribution in [-0.2, 0) is 4.74 Å². The lowest BCUT2D eigenvalue weighted by Crippen LogP contribution is -2.41. The molecule has 25 heavy (non-hydrogen) atoms. The Morgan fingerprint density at radius 1 is 1.24 bits per heavy atom. The monoisotopic (exact) mass is 345 g/mol. The highest BCUT2D eigenvalue weighted by atomic mass is 16.5. The van der Waals surface area contributed by atoms with Crippen LogP contribution in [0, 0.1) is 0 Å². The molecule has 1 aromatic heterocycles. The third kappa shape index (κ3) is 4.55. The molecule has 2 heterocycles. The van der Waals surface area contributed by atoms with E-state index in [1.807, 2.05) is 43.3 Å². The van der Waals surface area contributed by atoms with E-state index in [0.717, 1.165) is 44.1 Å². The van der Waals surface area contributed by atoms with E-state index >= 15 is 0 Å². The summed E-state index contributed by atoms with van der Waals surface area (Å²) < 4.78 is 10.4. The van der Waals surface area contributed by atoms with Crippen LogP contribution in [0.2, 0.25) is 0 Å². The summed E-state index contributed by atoms with van der Waals surface area (Å²) in [6, 6.07) is 7.74. The van der Waals surface area contributed by atoms with E-state index in [2.05, 4.69) is 20.4 Å². The van der Waals surface area contributed by atoms with Gasteiger partial charge in [0.05, 0.1) is 13.2 Å². The smallest absolute Gasteiger partial charge is 0.316 e. The second kappa shape index (κ2) is 8.09. The van der Waals surface area contributed by atoms with Crippen molar-refractivity contribution >= 4 is 11.6 Å². The number of carbonyl (C=O) groups excluding carboxylic acids is 1. The van der Waals surface area contributed by atoms with Crippen molar-refractivity contribution in [2.45, 2.75) is 0 Å². The second-order valence-corrected chi connectivity index (χ2v) is 6.07. The number of ether oxygens (including phenoxy) is 1. The molecule has 1 aromatic carbocycles. The molecule has 1 fully saturated rings. The number of morpholine rings is 1. The Morgan fingerprint density at radius 3 is 2.64 bits per heavy atom. The lowest BCUT2D eigenvalue weighted by Gasteiger charge is -2.26. The van der Waals surface area contributed by atoms with Crippen LogP contribution in [0.4, 0.5) is 5.69 Å². The normalized spacial score (nSPS) is 15.1. The van der Waals surface area contributed by atoms with E-state index in [9.17, 15) is 4.79 Å². The molecule has 0 saturated carbocycles. The van der Waals surface area contributed by atoms with E-state index < -0.39 is 0 Å². The summed E-state index contributed by atoms with van der Waals surface area (Å²) in [5, 5.41) is 6.70. The number of amides is 1. The lowest BCUT2D eigenvalue weighted by molar-refractivity contribution is 0.0382. The zero-order chi connectivity index (χ0) is 17.6. The Balaban J connectivity index is 1.54. The Labute approximate surface area is 146 Å². The largest absolute Gasteiger partial charge is 0.379 e. The summed E-state index contributed by atoms with van der Waals surface area (Å²) in [7, 11) is 3.95. The Kier molecular flexibility index (Phi) is 5.62. The van der Waals surface area contributed by atoms with Gasteiger partial charge in [0.15, 0.2) is 0 Å². The zero-order valence-electron chi connectivity index (χ0n) is 14.6. The number of carbonyl (C=O) groups is 1. The molecule has 1 amide bonds. The van der Waals surface area contributed by atoms with E-state index in [0.29, 0.717) is 12.4 Å². The average molecular weight is 345 g/mol. The summed E-state index contributed by atoms with van der Waals surface area (Å²) in [5.74, 6) is 0.0363. The molecule has 0 aliphatic carbocycles. The van der Waals surface area contributed by atoms with E-state index in [-0.39, 0.29) is 11.8 Å². The summed E-state index contributed by atoms with van der Waals surface area (Å²) in [6.45, 7) is 4.59. The fraction of sp³-hybridized carbons (Fsp3) is 0.471. The molecule has 8 nitrogen and oxygen atoms in total. The molecule has 0 unspecified atom stereocenters. The molecule has 0 atom stereocenters. The van der Waals surface area contributed by atoms with E-state index in [4.69, 9.17) is 9.26 Å². The minimum atomic E-state index is -0.350. The van der Waals surface area contributed by atoms with Gasteiger partial charge < -0.3 is 19.5 Å². The first-order valence-electron chi connectivity index (χ1n) is 8.33. The Morgan fingerprint density at radius 2 is 1.96 bits per heavy atom. The fourth-order valence-electron chi connectivity index (χ4n) is 2.57. The summed E-state index contributed by atoms with van der Waals surface area (Å²) >= 11 is 0. The van der Waals surface area contributed by atoms with Crippen LogP contribution >= 0.6 is 0 Å². The van der Waals surface area contributed by atoms with Gasteiger partial charge in [-0.2, -0.15) is 4.98 Å². The number of nitrogens with zero attached hydrogens (tertiary/aromatic N) is 4. The maximum absolute atomic E-state index is 12.1. The fourth-order valence-corrected chi connectivity index (χ4v) is 2.57.